The maximum absolute atomic E-state index is 12.2. The van der Waals surface area contributed by atoms with Crippen LogP contribution >= 0.6 is 15.9 Å². The number of nitrogen functional groups attached to an aromatic ring is 1. The fourth-order valence-corrected chi connectivity index (χ4v) is 3.09. The van der Waals surface area contributed by atoms with E-state index in [9.17, 15) is 9.59 Å². The highest BCUT2D eigenvalue weighted by atomic mass is 79.9. The number of aliphatic carboxylic acids is 1. The third-order valence-corrected chi connectivity index (χ3v) is 4.60. The van der Waals surface area contributed by atoms with Crippen molar-refractivity contribution in [3.05, 3.63) is 58.1 Å². The summed E-state index contributed by atoms with van der Waals surface area (Å²) in [5.74, 6) is -0.527. The zero-order valence-corrected chi connectivity index (χ0v) is 18.5. The zero-order chi connectivity index (χ0) is 23.1. The van der Waals surface area contributed by atoms with Gasteiger partial charge in [0, 0.05) is 22.6 Å². The number of carbonyl (C=O) groups excluding carboxylic acids is 2. The Kier molecular flexibility index (Phi) is 8.14. The van der Waals surface area contributed by atoms with E-state index < -0.39 is 18.2 Å². The number of carboxylic acid groups (broad SMARTS) is 1. The number of Topliss-reactive ketones (excluding diaryl/α,β-unsaturated/α-hetero) is 1. The number of anilines is 1. The molecule has 2 aromatic carbocycles. The minimum atomic E-state index is -0.833. The second kappa shape index (κ2) is 10.6. The van der Waals surface area contributed by atoms with Gasteiger partial charge in [0.05, 0.1) is 12.1 Å². The van der Waals surface area contributed by atoms with Crippen LogP contribution in [0.4, 0.5) is 10.5 Å². The first-order valence-electron chi connectivity index (χ1n) is 9.14. The van der Waals surface area contributed by atoms with Crippen LogP contribution in [0.1, 0.15) is 29.8 Å². The van der Waals surface area contributed by atoms with Crippen LogP contribution in [0.15, 0.2) is 46.9 Å². The van der Waals surface area contributed by atoms with Crippen molar-refractivity contribution < 1.29 is 29.0 Å². The van der Waals surface area contributed by atoms with E-state index in [1.165, 1.54) is 11.8 Å². The number of nitrogens with one attached hydrogen (secondary N) is 1. The van der Waals surface area contributed by atoms with Gasteiger partial charge in [-0.05, 0) is 49.4 Å². The molecule has 1 unspecified atom stereocenters. The molecule has 31 heavy (non-hydrogen) atoms. The van der Waals surface area contributed by atoms with E-state index in [1.807, 2.05) is 0 Å². The Hall–Kier alpha value is -3.40. The molecule has 0 spiro atoms. The van der Waals surface area contributed by atoms with Crippen molar-refractivity contribution >= 4 is 45.3 Å². The highest BCUT2D eigenvalue weighted by Gasteiger charge is 2.33. The zero-order valence-electron chi connectivity index (χ0n) is 16.9. The van der Waals surface area contributed by atoms with Gasteiger partial charge in [-0.25, -0.2) is 4.79 Å². The Morgan fingerprint density at radius 1 is 1.26 bits per heavy atom. The molecule has 1 saturated heterocycles. The first-order valence-corrected chi connectivity index (χ1v) is 9.93. The number of rotatable bonds is 6. The normalized spacial score (nSPS) is 14.9. The van der Waals surface area contributed by atoms with Crippen molar-refractivity contribution in [2.24, 2.45) is 5.73 Å². The number of benzene rings is 2. The Balaban J connectivity index is 0.000000785. The molecule has 1 fully saturated rings. The fourth-order valence-electron chi connectivity index (χ4n) is 2.73. The van der Waals surface area contributed by atoms with Crippen LogP contribution in [0, 0.1) is 5.41 Å². The van der Waals surface area contributed by atoms with Gasteiger partial charge in [0.15, 0.2) is 11.9 Å². The lowest BCUT2D eigenvalue weighted by molar-refractivity contribution is -0.134. The summed E-state index contributed by atoms with van der Waals surface area (Å²) in [5, 5.41) is 14.8. The topological polar surface area (TPSA) is 143 Å². The predicted octanol–water partition coefficient (Wildman–Crippen LogP) is 3.43. The molecule has 1 aliphatic heterocycles. The molecule has 1 amide bonds. The van der Waals surface area contributed by atoms with Crippen molar-refractivity contribution in [3.8, 4) is 5.75 Å². The van der Waals surface area contributed by atoms with E-state index in [-0.39, 0.29) is 18.2 Å². The Morgan fingerprint density at radius 2 is 1.87 bits per heavy atom. The average Bonchev–Trinajstić information content (AvgIpc) is 3.07. The molecule has 9 nitrogen and oxygen atoms in total. The summed E-state index contributed by atoms with van der Waals surface area (Å²) >= 11 is 3.33. The minimum absolute atomic E-state index is 0.0346. The number of nitrogens with two attached hydrogens (primary N) is 1. The molecule has 0 radical (unpaired) electrons. The van der Waals surface area contributed by atoms with Gasteiger partial charge in [-0.15, -0.1) is 0 Å². The summed E-state index contributed by atoms with van der Waals surface area (Å²) in [5.41, 5.74) is 7.14. The van der Waals surface area contributed by atoms with Crippen molar-refractivity contribution in [1.82, 2.24) is 0 Å². The van der Waals surface area contributed by atoms with Crippen molar-refractivity contribution in [2.45, 2.75) is 20.0 Å². The molecular weight excluding hydrogens is 470 g/mol. The Labute approximate surface area is 187 Å². The number of nitrogens with zero attached hydrogens (tertiary/aromatic N) is 1. The summed E-state index contributed by atoms with van der Waals surface area (Å²) in [6, 6.07) is 12.0. The van der Waals surface area contributed by atoms with E-state index in [0.717, 1.165) is 11.4 Å². The molecule has 1 aliphatic rings. The number of hydrogen-bond donors (Lipinski definition) is 3. The van der Waals surface area contributed by atoms with Gasteiger partial charge in [-0.3, -0.25) is 19.9 Å². The SMILES string of the molecule is CC(=O)O.CC(=O)c1cc(Br)ccc1OCC1CN(c2ccc(C(=N)N)cc2)C(=O)O1. The number of hydrogen-bond acceptors (Lipinski definition) is 6. The van der Waals surface area contributed by atoms with Crippen molar-refractivity contribution in [1.29, 1.82) is 5.41 Å². The second-order valence-corrected chi connectivity index (χ2v) is 7.52. The van der Waals surface area contributed by atoms with Crippen LogP contribution in [0.5, 0.6) is 5.75 Å². The van der Waals surface area contributed by atoms with Gasteiger partial charge in [0.1, 0.15) is 18.2 Å². The van der Waals surface area contributed by atoms with Crippen LogP contribution in [0.25, 0.3) is 0 Å². The molecular formula is C21H22BrN3O6. The lowest BCUT2D eigenvalue weighted by Crippen LogP contribution is -2.26. The van der Waals surface area contributed by atoms with Crippen LogP contribution < -0.4 is 15.4 Å². The first-order chi connectivity index (χ1) is 14.6. The fraction of sp³-hybridized carbons (Fsp3) is 0.238. The molecule has 1 heterocycles. The van der Waals surface area contributed by atoms with Gasteiger partial charge in [-0.1, -0.05) is 15.9 Å². The second-order valence-electron chi connectivity index (χ2n) is 6.60. The van der Waals surface area contributed by atoms with E-state index >= 15 is 0 Å². The Morgan fingerprint density at radius 3 is 2.42 bits per heavy atom. The van der Waals surface area contributed by atoms with E-state index in [0.29, 0.717) is 29.1 Å². The van der Waals surface area contributed by atoms with Gasteiger partial charge in [0.2, 0.25) is 0 Å². The smallest absolute Gasteiger partial charge is 0.414 e. The summed E-state index contributed by atoms with van der Waals surface area (Å²) in [4.78, 5) is 34.4. The largest absolute Gasteiger partial charge is 0.489 e. The summed E-state index contributed by atoms with van der Waals surface area (Å²) in [6.45, 7) is 3.01. The van der Waals surface area contributed by atoms with Crippen molar-refractivity contribution in [2.75, 3.05) is 18.1 Å². The highest BCUT2D eigenvalue weighted by Crippen LogP contribution is 2.26. The summed E-state index contributed by atoms with van der Waals surface area (Å²) in [7, 11) is 0. The molecule has 10 heteroatoms. The molecule has 3 rings (SSSR count). The maximum atomic E-state index is 12.2. The number of cyclic esters (lactones) is 1. The van der Waals surface area contributed by atoms with Crippen molar-refractivity contribution in [3.63, 3.8) is 0 Å². The van der Waals surface area contributed by atoms with Gasteiger partial charge < -0.3 is 20.3 Å². The molecule has 0 saturated carbocycles. The van der Waals surface area contributed by atoms with Gasteiger partial charge in [-0.2, -0.15) is 0 Å². The third kappa shape index (κ3) is 6.82. The van der Waals surface area contributed by atoms with Crippen LogP contribution in [-0.2, 0) is 9.53 Å². The highest BCUT2D eigenvalue weighted by molar-refractivity contribution is 9.10. The number of carboxylic acids is 1. The molecule has 164 valence electrons. The molecule has 0 aliphatic carbocycles. The first kappa shape index (κ1) is 23.9. The lowest BCUT2D eigenvalue weighted by atomic mass is 10.1. The number of carbonyl (C=O) groups is 3. The van der Waals surface area contributed by atoms with Gasteiger partial charge >= 0.3 is 6.09 Å². The van der Waals surface area contributed by atoms with Gasteiger partial charge in [0.25, 0.3) is 5.97 Å². The molecule has 0 bridgehead atoms. The lowest BCUT2D eigenvalue weighted by Gasteiger charge is -2.14. The minimum Gasteiger partial charge on any atom is -0.489 e. The number of amides is 1. The average molecular weight is 492 g/mol. The number of ketones is 1. The molecule has 0 aromatic heterocycles. The molecule has 4 N–H and O–H groups in total. The molecule has 1 atom stereocenters. The van der Waals surface area contributed by atoms with E-state index in [1.54, 1.807) is 42.5 Å². The number of ether oxygens (including phenoxy) is 2. The Bertz CT molecular complexity index is 989. The van der Waals surface area contributed by atoms with Crippen LogP contribution in [0.2, 0.25) is 0 Å². The predicted molar refractivity (Wildman–Crippen MR) is 118 cm³/mol. The van der Waals surface area contributed by atoms with E-state index in [2.05, 4.69) is 15.9 Å². The van der Waals surface area contributed by atoms with Crippen LogP contribution in [-0.4, -0.2) is 48.0 Å². The summed E-state index contributed by atoms with van der Waals surface area (Å²) < 4.78 is 11.9. The maximum Gasteiger partial charge on any atom is 0.414 e. The third-order valence-electron chi connectivity index (χ3n) is 4.11. The monoisotopic (exact) mass is 491 g/mol. The van der Waals surface area contributed by atoms with E-state index in [4.69, 9.17) is 30.5 Å². The summed E-state index contributed by atoms with van der Waals surface area (Å²) in [6.07, 6.45) is -0.935. The standard InChI is InChI=1S/C19H18BrN3O4.C2H4O2/c1-11(24)16-8-13(20)4-7-17(16)26-10-15-9-23(19(25)27-15)14-5-2-12(3-6-14)18(21)22;1-2(3)4/h2-8,15H,9-10H2,1H3,(H3,21,22);1H3,(H,3,4). The van der Waals surface area contributed by atoms with Crippen LogP contribution in [0.3, 0.4) is 0 Å². The number of amidine groups is 1. The quantitative estimate of drug-likeness (QED) is 0.319. The number of halogens is 1. The molecule has 2 aromatic rings.